The lowest BCUT2D eigenvalue weighted by Gasteiger charge is -2.15. The lowest BCUT2D eigenvalue weighted by atomic mass is 10.1. The van der Waals surface area contributed by atoms with Gasteiger partial charge in [-0.1, -0.05) is 6.92 Å². The summed E-state index contributed by atoms with van der Waals surface area (Å²) >= 11 is 0. The summed E-state index contributed by atoms with van der Waals surface area (Å²) < 4.78 is 4.87. The van der Waals surface area contributed by atoms with Crippen LogP contribution in [0.1, 0.15) is 30.8 Å². The predicted octanol–water partition coefficient (Wildman–Crippen LogP) is -0.319. The third-order valence-electron chi connectivity index (χ3n) is 2.30. The molecule has 5 N–H and O–H groups in total. The number of aliphatic hydroxyl groups is 2. The highest BCUT2D eigenvalue weighted by atomic mass is 16.5. The molecular formula is C9H17N3O3. The maximum absolute atomic E-state index is 9.84. The molecule has 0 radical (unpaired) electrons. The second-order valence-corrected chi connectivity index (χ2v) is 3.28. The number of aromatic nitrogens is 2. The molecular weight excluding hydrogens is 198 g/mol. The minimum Gasteiger partial charge on any atom is -0.468 e. The topological polar surface area (TPSA) is 104 Å². The Morgan fingerprint density at radius 1 is 1.60 bits per heavy atom. The molecule has 0 saturated heterocycles. The molecule has 0 aliphatic rings. The number of aromatic amines is 1. The first-order valence-electron chi connectivity index (χ1n) is 4.81. The number of nitrogens with one attached hydrogen (secondary N) is 1. The summed E-state index contributed by atoms with van der Waals surface area (Å²) in [5, 5.41) is 18.9. The largest absolute Gasteiger partial charge is 0.468 e. The van der Waals surface area contributed by atoms with Crippen LogP contribution in [0.2, 0.25) is 0 Å². The standard InChI is InChI=1S/C9H17N3O3/c1-3-5(10)8(14)7-6(4-13)11-9(12-7)15-2/h5,8,13-14H,3-4,10H2,1-2H3,(H,11,12). The van der Waals surface area contributed by atoms with Crippen LogP contribution in [0.4, 0.5) is 0 Å². The Hall–Kier alpha value is -1.11. The van der Waals surface area contributed by atoms with Gasteiger partial charge in [0, 0.05) is 6.04 Å². The van der Waals surface area contributed by atoms with Gasteiger partial charge in [-0.05, 0) is 6.42 Å². The van der Waals surface area contributed by atoms with Gasteiger partial charge in [-0.15, -0.1) is 0 Å². The van der Waals surface area contributed by atoms with Crippen molar-refractivity contribution < 1.29 is 14.9 Å². The number of H-pyrrole nitrogens is 1. The summed E-state index contributed by atoms with van der Waals surface area (Å²) in [7, 11) is 1.45. The highest BCUT2D eigenvalue weighted by Crippen LogP contribution is 2.22. The minimum atomic E-state index is -0.891. The van der Waals surface area contributed by atoms with Crippen molar-refractivity contribution in [3.8, 4) is 6.01 Å². The molecule has 0 spiro atoms. The Bertz CT molecular complexity index is 314. The number of methoxy groups -OCH3 is 1. The van der Waals surface area contributed by atoms with E-state index in [0.29, 0.717) is 17.8 Å². The molecule has 2 unspecified atom stereocenters. The van der Waals surface area contributed by atoms with Crippen molar-refractivity contribution in [3.63, 3.8) is 0 Å². The van der Waals surface area contributed by atoms with Gasteiger partial charge in [-0.25, -0.2) is 0 Å². The SMILES string of the molecule is CCC(N)C(O)c1nc(OC)[nH]c1CO. The van der Waals surface area contributed by atoms with Crippen LogP contribution in [-0.2, 0) is 6.61 Å². The second-order valence-electron chi connectivity index (χ2n) is 3.28. The summed E-state index contributed by atoms with van der Waals surface area (Å²) in [5.41, 5.74) is 6.48. The van der Waals surface area contributed by atoms with Crippen molar-refractivity contribution >= 4 is 0 Å². The number of hydrogen-bond acceptors (Lipinski definition) is 5. The van der Waals surface area contributed by atoms with E-state index in [0.717, 1.165) is 0 Å². The number of rotatable bonds is 5. The van der Waals surface area contributed by atoms with E-state index in [2.05, 4.69) is 9.97 Å². The summed E-state index contributed by atoms with van der Waals surface area (Å²) in [6.07, 6.45) is -0.265. The fourth-order valence-corrected chi connectivity index (χ4v) is 1.29. The van der Waals surface area contributed by atoms with Crippen LogP contribution in [0.3, 0.4) is 0 Å². The monoisotopic (exact) mass is 215 g/mol. The van der Waals surface area contributed by atoms with Crippen molar-refractivity contribution in [3.05, 3.63) is 11.4 Å². The van der Waals surface area contributed by atoms with Gasteiger partial charge in [-0.2, -0.15) is 4.98 Å². The molecule has 0 saturated carbocycles. The molecule has 6 nitrogen and oxygen atoms in total. The van der Waals surface area contributed by atoms with E-state index in [4.69, 9.17) is 15.6 Å². The Morgan fingerprint density at radius 2 is 2.27 bits per heavy atom. The molecule has 0 aromatic carbocycles. The molecule has 0 aliphatic heterocycles. The number of nitrogens with zero attached hydrogens (tertiary/aromatic N) is 1. The number of aliphatic hydroxyl groups excluding tert-OH is 2. The fraction of sp³-hybridized carbons (Fsp3) is 0.667. The third-order valence-corrected chi connectivity index (χ3v) is 2.30. The van der Waals surface area contributed by atoms with E-state index in [1.807, 2.05) is 6.92 Å². The van der Waals surface area contributed by atoms with Crippen molar-refractivity contribution in [2.45, 2.75) is 32.1 Å². The first-order chi connectivity index (χ1) is 7.13. The Kier molecular flexibility index (Phi) is 4.07. The first-order valence-corrected chi connectivity index (χ1v) is 4.81. The van der Waals surface area contributed by atoms with Gasteiger partial charge >= 0.3 is 0 Å². The van der Waals surface area contributed by atoms with Crippen molar-refractivity contribution in [2.75, 3.05) is 7.11 Å². The fourth-order valence-electron chi connectivity index (χ4n) is 1.29. The van der Waals surface area contributed by atoms with Gasteiger partial charge in [0.15, 0.2) is 0 Å². The van der Waals surface area contributed by atoms with Crippen LogP contribution in [0.25, 0.3) is 0 Å². The highest BCUT2D eigenvalue weighted by molar-refractivity contribution is 5.20. The summed E-state index contributed by atoms with van der Waals surface area (Å²) in [6, 6.07) is -0.139. The van der Waals surface area contributed by atoms with Crippen LogP contribution in [0.5, 0.6) is 6.01 Å². The third kappa shape index (κ3) is 2.47. The highest BCUT2D eigenvalue weighted by Gasteiger charge is 2.22. The smallest absolute Gasteiger partial charge is 0.293 e. The lowest BCUT2D eigenvalue weighted by molar-refractivity contribution is 0.136. The van der Waals surface area contributed by atoms with E-state index in [1.165, 1.54) is 7.11 Å². The van der Waals surface area contributed by atoms with E-state index in [-0.39, 0.29) is 12.6 Å². The number of ether oxygens (including phenoxy) is 1. The van der Waals surface area contributed by atoms with Gasteiger partial charge in [0.25, 0.3) is 6.01 Å². The average molecular weight is 215 g/mol. The van der Waals surface area contributed by atoms with Crippen molar-refractivity contribution in [1.29, 1.82) is 0 Å². The Morgan fingerprint density at radius 3 is 2.73 bits per heavy atom. The van der Waals surface area contributed by atoms with E-state index in [1.54, 1.807) is 0 Å². The molecule has 1 heterocycles. The zero-order valence-corrected chi connectivity index (χ0v) is 8.90. The molecule has 1 aromatic rings. The summed E-state index contributed by atoms with van der Waals surface area (Å²) in [5.74, 6) is 0. The minimum absolute atomic E-state index is 0.237. The quantitative estimate of drug-likeness (QED) is 0.539. The van der Waals surface area contributed by atoms with E-state index < -0.39 is 12.1 Å². The number of nitrogens with two attached hydrogens (primary N) is 1. The Labute approximate surface area is 88.1 Å². The molecule has 86 valence electrons. The lowest BCUT2D eigenvalue weighted by Crippen LogP contribution is -2.28. The maximum Gasteiger partial charge on any atom is 0.293 e. The predicted molar refractivity (Wildman–Crippen MR) is 54.3 cm³/mol. The zero-order valence-electron chi connectivity index (χ0n) is 8.90. The number of imidazole rings is 1. The van der Waals surface area contributed by atoms with Crippen molar-refractivity contribution in [1.82, 2.24) is 9.97 Å². The molecule has 6 heteroatoms. The molecule has 0 bridgehead atoms. The van der Waals surface area contributed by atoms with Crippen LogP contribution in [-0.4, -0.2) is 33.3 Å². The Balaban J connectivity index is 2.95. The molecule has 0 aliphatic carbocycles. The number of hydrogen-bond donors (Lipinski definition) is 4. The van der Waals surface area contributed by atoms with Gasteiger partial charge in [0.2, 0.25) is 0 Å². The second kappa shape index (κ2) is 5.11. The van der Waals surface area contributed by atoms with Crippen LogP contribution >= 0.6 is 0 Å². The van der Waals surface area contributed by atoms with Crippen molar-refractivity contribution in [2.24, 2.45) is 5.73 Å². The van der Waals surface area contributed by atoms with Gasteiger partial charge in [0.05, 0.1) is 25.1 Å². The van der Waals surface area contributed by atoms with Crippen LogP contribution in [0.15, 0.2) is 0 Å². The first kappa shape index (κ1) is 12.0. The van der Waals surface area contributed by atoms with Crippen LogP contribution in [0, 0.1) is 0 Å². The molecule has 0 fully saturated rings. The van der Waals surface area contributed by atoms with E-state index >= 15 is 0 Å². The molecule has 2 atom stereocenters. The van der Waals surface area contributed by atoms with Gasteiger partial charge in [-0.3, -0.25) is 0 Å². The van der Waals surface area contributed by atoms with Gasteiger partial charge < -0.3 is 25.7 Å². The average Bonchev–Trinajstić information content (AvgIpc) is 2.69. The molecule has 15 heavy (non-hydrogen) atoms. The maximum atomic E-state index is 9.84. The summed E-state index contributed by atoms with van der Waals surface area (Å²) in [4.78, 5) is 6.74. The molecule has 0 amide bonds. The molecule has 1 aromatic heterocycles. The van der Waals surface area contributed by atoms with Gasteiger partial charge in [0.1, 0.15) is 6.10 Å². The molecule has 1 rings (SSSR count). The van der Waals surface area contributed by atoms with Crippen LogP contribution < -0.4 is 10.5 Å². The normalized spacial score (nSPS) is 15.0. The summed E-state index contributed by atoms with van der Waals surface area (Å²) in [6.45, 7) is 1.63. The van der Waals surface area contributed by atoms with E-state index in [9.17, 15) is 5.11 Å². The zero-order chi connectivity index (χ0) is 11.4.